The number of benzene rings is 3. The molecule has 1 aromatic heterocycles. The average Bonchev–Trinajstić information content (AvgIpc) is 2.98. The second kappa shape index (κ2) is 12.9. The number of anilines is 1. The Kier molecular flexibility index (Phi) is 9.12. The Hall–Kier alpha value is -5.31. The number of carbonyl (C=O) groups excluding carboxylic acids is 3. The molecule has 9 nitrogen and oxygen atoms in total. The van der Waals surface area contributed by atoms with Crippen molar-refractivity contribution in [3.8, 4) is 11.1 Å². The maximum absolute atomic E-state index is 13.5. The molecule has 42 heavy (non-hydrogen) atoms. The Morgan fingerprint density at radius 2 is 1.55 bits per heavy atom. The van der Waals surface area contributed by atoms with Gasteiger partial charge in [-0.15, -0.1) is 0 Å². The van der Waals surface area contributed by atoms with Crippen molar-refractivity contribution >= 4 is 29.3 Å². The summed E-state index contributed by atoms with van der Waals surface area (Å²) in [5.74, 6) is -1.56. The summed E-state index contributed by atoms with van der Waals surface area (Å²) in [4.78, 5) is 44.1. The van der Waals surface area contributed by atoms with E-state index in [9.17, 15) is 14.4 Å². The zero-order valence-corrected chi connectivity index (χ0v) is 23.7. The number of nitrogens with zero attached hydrogens (tertiary/aromatic N) is 1. The predicted molar refractivity (Wildman–Crippen MR) is 162 cm³/mol. The molecule has 0 fully saturated rings. The molecule has 3 aromatic carbocycles. The molecule has 5 N–H and O–H groups in total. The van der Waals surface area contributed by atoms with Crippen molar-refractivity contribution in [2.45, 2.75) is 27.4 Å². The molecule has 1 heterocycles. The Bertz CT molecular complexity index is 1610. The molecule has 0 aliphatic heterocycles. The van der Waals surface area contributed by atoms with Crippen molar-refractivity contribution in [2.24, 2.45) is 11.1 Å². The summed E-state index contributed by atoms with van der Waals surface area (Å²) in [6.45, 7) is 6.51. The van der Waals surface area contributed by atoms with Gasteiger partial charge in [0.25, 0.3) is 11.8 Å². The third-order valence-electron chi connectivity index (χ3n) is 6.26. The lowest BCUT2D eigenvalue weighted by molar-refractivity contribution is 0.0473. The summed E-state index contributed by atoms with van der Waals surface area (Å²) in [5, 5.41) is 13.2. The van der Waals surface area contributed by atoms with Crippen LogP contribution in [0.3, 0.4) is 0 Å². The molecule has 0 saturated carbocycles. The van der Waals surface area contributed by atoms with E-state index in [2.05, 4.69) is 15.6 Å². The van der Waals surface area contributed by atoms with Crippen LogP contribution in [-0.2, 0) is 11.3 Å². The largest absolute Gasteiger partial charge is 0.457 e. The normalized spacial score (nSPS) is 10.9. The molecule has 0 bridgehead atoms. The fourth-order valence-electron chi connectivity index (χ4n) is 4.06. The van der Waals surface area contributed by atoms with Gasteiger partial charge in [-0.1, -0.05) is 63.2 Å². The highest BCUT2D eigenvalue weighted by atomic mass is 16.5. The van der Waals surface area contributed by atoms with Gasteiger partial charge < -0.3 is 21.1 Å². The quantitative estimate of drug-likeness (QED) is 0.121. The molecule has 0 saturated heterocycles. The molecular formula is C33H33N5O4. The van der Waals surface area contributed by atoms with Gasteiger partial charge >= 0.3 is 5.97 Å². The van der Waals surface area contributed by atoms with E-state index in [-0.39, 0.29) is 40.6 Å². The second-order valence-electron chi connectivity index (χ2n) is 10.9. The number of hydrogen-bond donors (Lipinski definition) is 4. The lowest BCUT2D eigenvalue weighted by atomic mass is 9.95. The number of ether oxygens (including phenoxy) is 1. The number of nitrogens with two attached hydrogens (primary N) is 1. The van der Waals surface area contributed by atoms with Crippen LogP contribution in [0.25, 0.3) is 11.1 Å². The number of amides is 2. The van der Waals surface area contributed by atoms with E-state index in [1.165, 1.54) is 12.3 Å². The maximum Gasteiger partial charge on any atom is 0.339 e. The molecular weight excluding hydrogens is 530 g/mol. The molecule has 0 unspecified atom stereocenters. The fraction of sp³-hybridized carbons (Fsp3) is 0.182. The number of esters is 1. The van der Waals surface area contributed by atoms with Crippen molar-refractivity contribution in [3.63, 3.8) is 0 Å². The number of amidine groups is 1. The van der Waals surface area contributed by atoms with Crippen molar-refractivity contribution in [1.82, 2.24) is 10.3 Å². The Balaban J connectivity index is 1.69. The SMILES string of the molecule is CC(C)(C)CNC(=O)c1ccc(-c2cccnc2C(=O)Nc2ccc(C(=N)N)cc2)c(C(=O)OCc2ccccc2)c1. The van der Waals surface area contributed by atoms with Crippen LogP contribution in [0.5, 0.6) is 0 Å². The number of nitrogens with one attached hydrogen (secondary N) is 3. The summed E-state index contributed by atoms with van der Waals surface area (Å²) < 4.78 is 5.63. The van der Waals surface area contributed by atoms with E-state index in [0.29, 0.717) is 28.9 Å². The molecule has 214 valence electrons. The van der Waals surface area contributed by atoms with Gasteiger partial charge in [0.1, 0.15) is 18.1 Å². The van der Waals surface area contributed by atoms with Crippen molar-refractivity contribution < 1.29 is 19.1 Å². The maximum atomic E-state index is 13.5. The fourth-order valence-corrected chi connectivity index (χ4v) is 4.06. The standard InChI is InChI=1S/C33H33N5O4/c1-33(2,3)20-37-30(39)23-13-16-25(27(18-23)32(41)42-19-21-8-5-4-6-9-21)26-10-7-17-36-28(26)31(40)38-24-14-11-22(12-15-24)29(34)35/h4-18H,19-20H2,1-3H3,(H3,34,35)(H,37,39)(H,38,40). The highest BCUT2D eigenvalue weighted by Gasteiger charge is 2.23. The summed E-state index contributed by atoms with van der Waals surface area (Å²) in [6.07, 6.45) is 1.49. The zero-order valence-electron chi connectivity index (χ0n) is 23.7. The van der Waals surface area contributed by atoms with Crippen LogP contribution >= 0.6 is 0 Å². The first-order chi connectivity index (χ1) is 20.0. The number of rotatable bonds is 9. The van der Waals surface area contributed by atoms with Gasteiger partial charge in [-0.05, 0) is 59.0 Å². The Morgan fingerprint density at radius 3 is 2.21 bits per heavy atom. The minimum atomic E-state index is -0.644. The average molecular weight is 564 g/mol. The third kappa shape index (κ3) is 7.66. The zero-order chi connectivity index (χ0) is 30.3. The number of nitrogen functional groups attached to an aromatic ring is 1. The summed E-state index contributed by atoms with van der Waals surface area (Å²) >= 11 is 0. The van der Waals surface area contributed by atoms with Gasteiger partial charge in [0.2, 0.25) is 0 Å². The van der Waals surface area contributed by atoms with Crippen LogP contribution in [-0.4, -0.2) is 35.1 Å². The van der Waals surface area contributed by atoms with Crippen LogP contribution in [0.2, 0.25) is 0 Å². The second-order valence-corrected chi connectivity index (χ2v) is 10.9. The van der Waals surface area contributed by atoms with Gasteiger partial charge in [-0.3, -0.25) is 20.0 Å². The Labute approximate surface area is 244 Å². The van der Waals surface area contributed by atoms with Crippen molar-refractivity contribution in [3.05, 3.63) is 119 Å². The van der Waals surface area contributed by atoms with E-state index in [1.807, 2.05) is 51.1 Å². The Morgan fingerprint density at radius 1 is 0.857 bits per heavy atom. The number of hydrogen-bond acceptors (Lipinski definition) is 6. The van der Waals surface area contributed by atoms with E-state index in [4.69, 9.17) is 15.9 Å². The van der Waals surface area contributed by atoms with Crippen molar-refractivity contribution in [2.75, 3.05) is 11.9 Å². The molecule has 4 aromatic rings. The number of pyridine rings is 1. The van der Waals surface area contributed by atoms with E-state index >= 15 is 0 Å². The lowest BCUT2D eigenvalue weighted by Gasteiger charge is -2.19. The smallest absolute Gasteiger partial charge is 0.339 e. The molecule has 2 amide bonds. The first-order valence-corrected chi connectivity index (χ1v) is 13.4. The van der Waals surface area contributed by atoms with Crippen LogP contribution in [0, 0.1) is 10.8 Å². The highest BCUT2D eigenvalue weighted by molar-refractivity contribution is 6.10. The minimum absolute atomic E-state index is 0.0379. The monoisotopic (exact) mass is 563 g/mol. The summed E-state index contributed by atoms with van der Waals surface area (Å²) in [7, 11) is 0. The summed E-state index contributed by atoms with van der Waals surface area (Å²) in [5.41, 5.74) is 8.49. The first-order valence-electron chi connectivity index (χ1n) is 13.4. The van der Waals surface area contributed by atoms with E-state index in [0.717, 1.165) is 5.56 Å². The molecule has 9 heteroatoms. The van der Waals surface area contributed by atoms with Crippen LogP contribution in [0.15, 0.2) is 91.1 Å². The van der Waals surface area contributed by atoms with Gasteiger partial charge in [-0.25, -0.2) is 4.79 Å². The third-order valence-corrected chi connectivity index (χ3v) is 6.26. The van der Waals surface area contributed by atoms with Gasteiger partial charge in [-0.2, -0.15) is 0 Å². The summed E-state index contributed by atoms with van der Waals surface area (Å²) in [6, 6.07) is 23.8. The highest BCUT2D eigenvalue weighted by Crippen LogP contribution is 2.29. The van der Waals surface area contributed by atoms with E-state index in [1.54, 1.807) is 48.5 Å². The molecule has 4 rings (SSSR count). The van der Waals surface area contributed by atoms with Crippen LogP contribution < -0.4 is 16.4 Å². The van der Waals surface area contributed by atoms with Crippen molar-refractivity contribution in [1.29, 1.82) is 5.41 Å². The topological polar surface area (TPSA) is 147 Å². The number of aromatic nitrogens is 1. The molecule has 0 radical (unpaired) electrons. The first kappa shape index (κ1) is 29.7. The van der Waals surface area contributed by atoms with Gasteiger partial charge in [0.15, 0.2) is 0 Å². The van der Waals surface area contributed by atoms with Crippen LogP contribution in [0.4, 0.5) is 5.69 Å². The van der Waals surface area contributed by atoms with E-state index < -0.39 is 11.9 Å². The minimum Gasteiger partial charge on any atom is -0.457 e. The molecule has 0 spiro atoms. The van der Waals surface area contributed by atoms with Gasteiger partial charge in [0, 0.05) is 35.1 Å². The predicted octanol–water partition coefficient (Wildman–Crippen LogP) is 5.42. The molecule has 0 aliphatic rings. The van der Waals surface area contributed by atoms with Gasteiger partial charge in [0.05, 0.1) is 5.56 Å². The molecule has 0 atom stereocenters. The molecule has 0 aliphatic carbocycles. The van der Waals surface area contributed by atoms with Crippen LogP contribution in [0.1, 0.15) is 63.1 Å². The number of carbonyl (C=O) groups is 3. The lowest BCUT2D eigenvalue weighted by Crippen LogP contribution is -2.32.